The third-order valence-corrected chi connectivity index (χ3v) is 3.01. The average Bonchev–Trinajstić information content (AvgIpc) is 2.97. The highest BCUT2D eigenvalue weighted by molar-refractivity contribution is 5.84. The van der Waals surface area contributed by atoms with Crippen molar-refractivity contribution in [2.45, 2.75) is 25.3 Å². The quantitative estimate of drug-likeness (QED) is 0.743. The van der Waals surface area contributed by atoms with Gasteiger partial charge < -0.3 is 10.7 Å². The second-order valence-electron chi connectivity index (χ2n) is 4.08. The lowest BCUT2D eigenvalue weighted by atomic mass is 10.1. The van der Waals surface area contributed by atoms with Crippen molar-refractivity contribution in [2.24, 2.45) is 5.73 Å². The second-order valence-corrected chi connectivity index (χ2v) is 4.08. The fraction of sp³-hybridized carbons (Fsp3) is 0.333. The molecule has 1 aliphatic carbocycles. The van der Waals surface area contributed by atoms with Crippen molar-refractivity contribution in [3.63, 3.8) is 0 Å². The highest BCUT2D eigenvalue weighted by atomic mass is 14.7. The number of rotatable bonds is 2. The summed E-state index contributed by atoms with van der Waals surface area (Å²) in [4.78, 5) is 3.48. The topological polar surface area (TPSA) is 41.8 Å². The van der Waals surface area contributed by atoms with E-state index in [4.69, 9.17) is 5.73 Å². The SMILES string of the molecule is NCc1cccc2[nH]c(C3CC3)cc12. The van der Waals surface area contributed by atoms with E-state index in [-0.39, 0.29) is 0 Å². The molecule has 0 amide bonds. The van der Waals surface area contributed by atoms with Crippen molar-refractivity contribution in [2.75, 3.05) is 0 Å². The lowest BCUT2D eigenvalue weighted by Gasteiger charge is -1.96. The first kappa shape index (κ1) is 8.06. The van der Waals surface area contributed by atoms with Gasteiger partial charge in [0.25, 0.3) is 0 Å². The van der Waals surface area contributed by atoms with Crippen molar-refractivity contribution in [1.29, 1.82) is 0 Å². The molecule has 0 unspecified atom stereocenters. The Kier molecular flexibility index (Phi) is 1.64. The van der Waals surface area contributed by atoms with Crippen LogP contribution in [0.4, 0.5) is 0 Å². The molecule has 3 rings (SSSR count). The number of hydrogen-bond acceptors (Lipinski definition) is 1. The third-order valence-electron chi connectivity index (χ3n) is 3.01. The van der Waals surface area contributed by atoms with Gasteiger partial charge in [-0.1, -0.05) is 12.1 Å². The maximum Gasteiger partial charge on any atom is 0.0459 e. The fourth-order valence-electron chi connectivity index (χ4n) is 2.03. The van der Waals surface area contributed by atoms with Gasteiger partial charge in [0.15, 0.2) is 0 Å². The Morgan fingerprint density at radius 3 is 2.93 bits per heavy atom. The van der Waals surface area contributed by atoms with Crippen LogP contribution >= 0.6 is 0 Å². The first-order valence-corrected chi connectivity index (χ1v) is 5.19. The number of nitrogens with one attached hydrogen (secondary N) is 1. The predicted octanol–water partition coefficient (Wildman–Crippen LogP) is 2.50. The number of nitrogens with two attached hydrogens (primary N) is 1. The molecule has 1 saturated carbocycles. The molecule has 1 aromatic carbocycles. The van der Waals surface area contributed by atoms with E-state index in [0.717, 1.165) is 5.92 Å². The number of H-pyrrole nitrogens is 1. The summed E-state index contributed by atoms with van der Waals surface area (Å²) >= 11 is 0. The molecule has 2 nitrogen and oxygen atoms in total. The van der Waals surface area contributed by atoms with Gasteiger partial charge in [-0.3, -0.25) is 0 Å². The molecule has 14 heavy (non-hydrogen) atoms. The summed E-state index contributed by atoms with van der Waals surface area (Å²) < 4.78 is 0. The highest BCUT2D eigenvalue weighted by Gasteiger charge is 2.25. The number of aromatic amines is 1. The summed E-state index contributed by atoms with van der Waals surface area (Å²) in [5.74, 6) is 0.785. The summed E-state index contributed by atoms with van der Waals surface area (Å²) in [6.07, 6.45) is 2.68. The van der Waals surface area contributed by atoms with Gasteiger partial charge in [-0.25, -0.2) is 0 Å². The van der Waals surface area contributed by atoms with Crippen LogP contribution in [-0.2, 0) is 6.54 Å². The molecule has 72 valence electrons. The van der Waals surface area contributed by atoms with Gasteiger partial charge in [0.1, 0.15) is 0 Å². The monoisotopic (exact) mass is 186 g/mol. The van der Waals surface area contributed by atoms with Crippen molar-refractivity contribution in [3.05, 3.63) is 35.5 Å². The van der Waals surface area contributed by atoms with E-state index in [1.165, 1.54) is 35.0 Å². The number of benzene rings is 1. The number of hydrogen-bond donors (Lipinski definition) is 2. The maximum atomic E-state index is 5.70. The first-order chi connectivity index (χ1) is 6.88. The Morgan fingerprint density at radius 1 is 1.36 bits per heavy atom. The zero-order chi connectivity index (χ0) is 9.54. The van der Waals surface area contributed by atoms with E-state index < -0.39 is 0 Å². The summed E-state index contributed by atoms with van der Waals surface area (Å²) in [6.45, 7) is 0.624. The molecule has 2 heteroatoms. The van der Waals surface area contributed by atoms with Crippen LogP contribution in [0.15, 0.2) is 24.3 Å². The van der Waals surface area contributed by atoms with Crippen LogP contribution in [0.25, 0.3) is 10.9 Å². The van der Waals surface area contributed by atoms with Gasteiger partial charge in [0.05, 0.1) is 0 Å². The van der Waals surface area contributed by atoms with E-state index in [1.54, 1.807) is 0 Å². The molecule has 0 bridgehead atoms. The van der Waals surface area contributed by atoms with Crippen LogP contribution in [0.2, 0.25) is 0 Å². The number of fused-ring (bicyclic) bond motifs is 1. The van der Waals surface area contributed by atoms with Crippen LogP contribution in [0.5, 0.6) is 0 Å². The van der Waals surface area contributed by atoms with Gasteiger partial charge in [-0.05, 0) is 36.5 Å². The van der Waals surface area contributed by atoms with Crippen LogP contribution < -0.4 is 5.73 Å². The smallest absolute Gasteiger partial charge is 0.0459 e. The molecule has 1 heterocycles. The number of aromatic nitrogens is 1. The molecule has 0 aliphatic heterocycles. The summed E-state index contributed by atoms with van der Waals surface area (Å²) in [7, 11) is 0. The maximum absolute atomic E-state index is 5.70. The Hall–Kier alpha value is -1.28. The molecule has 1 aliphatic rings. The van der Waals surface area contributed by atoms with Crippen LogP contribution in [-0.4, -0.2) is 4.98 Å². The van der Waals surface area contributed by atoms with Gasteiger partial charge in [0, 0.05) is 23.1 Å². The van der Waals surface area contributed by atoms with E-state index >= 15 is 0 Å². The Morgan fingerprint density at radius 2 is 2.21 bits per heavy atom. The van der Waals surface area contributed by atoms with E-state index in [9.17, 15) is 0 Å². The lowest BCUT2D eigenvalue weighted by Crippen LogP contribution is -1.95. The van der Waals surface area contributed by atoms with Crippen LogP contribution in [0.3, 0.4) is 0 Å². The molecule has 0 radical (unpaired) electrons. The van der Waals surface area contributed by atoms with E-state index in [1.807, 2.05) is 0 Å². The zero-order valence-electron chi connectivity index (χ0n) is 8.09. The normalized spacial score (nSPS) is 16.4. The predicted molar refractivity (Wildman–Crippen MR) is 58.2 cm³/mol. The molecular formula is C12H14N2. The minimum atomic E-state index is 0.624. The van der Waals surface area contributed by atoms with Crippen LogP contribution in [0, 0.1) is 0 Å². The summed E-state index contributed by atoms with van der Waals surface area (Å²) in [5.41, 5.74) is 9.57. The van der Waals surface area contributed by atoms with E-state index in [2.05, 4.69) is 29.2 Å². The molecule has 0 spiro atoms. The average molecular weight is 186 g/mol. The molecule has 3 N–H and O–H groups in total. The van der Waals surface area contributed by atoms with E-state index in [0.29, 0.717) is 6.54 Å². The summed E-state index contributed by atoms with van der Waals surface area (Å²) in [5, 5.41) is 1.30. The second kappa shape index (κ2) is 2.85. The molecule has 1 aromatic heterocycles. The van der Waals surface area contributed by atoms with Crippen molar-refractivity contribution in [3.8, 4) is 0 Å². The minimum absolute atomic E-state index is 0.624. The van der Waals surface area contributed by atoms with Crippen molar-refractivity contribution in [1.82, 2.24) is 4.98 Å². The molecule has 0 atom stereocenters. The standard InChI is InChI=1S/C12H14N2/c13-7-9-2-1-3-11-10(9)6-12(14-11)8-4-5-8/h1-3,6,8,14H,4-5,7,13H2. The van der Waals surface area contributed by atoms with Crippen molar-refractivity contribution >= 4 is 10.9 Å². The third kappa shape index (κ3) is 1.15. The molecule has 1 fully saturated rings. The molecule has 2 aromatic rings. The fourth-order valence-corrected chi connectivity index (χ4v) is 2.03. The van der Waals surface area contributed by atoms with Crippen LogP contribution in [0.1, 0.15) is 30.0 Å². The largest absolute Gasteiger partial charge is 0.358 e. The van der Waals surface area contributed by atoms with Crippen molar-refractivity contribution < 1.29 is 0 Å². The minimum Gasteiger partial charge on any atom is -0.358 e. The summed E-state index contributed by atoms with van der Waals surface area (Å²) in [6, 6.07) is 8.57. The van der Waals surface area contributed by atoms with Gasteiger partial charge in [0.2, 0.25) is 0 Å². The van der Waals surface area contributed by atoms with Gasteiger partial charge >= 0.3 is 0 Å². The Balaban J connectivity index is 2.20. The first-order valence-electron chi connectivity index (χ1n) is 5.19. The molecule has 0 saturated heterocycles. The van der Waals surface area contributed by atoms with Gasteiger partial charge in [-0.2, -0.15) is 0 Å². The Bertz CT molecular complexity index is 466. The zero-order valence-corrected chi connectivity index (χ0v) is 8.09. The van der Waals surface area contributed by atoms with Gasteiger partial charge in [-0.15, -0.1) is 0 Å². The Labute approximate surface area is 83.1 Å². The lowest BCUT2D eigenvalue weighted by molar-refractivity contribution is 1.06. The highest BCUT2D eigenvalue weighted by Crippen LogP contribution is 2.40. The molecular weight excluding hydrogens is 172 g/mol.